The maximum absolute atomic E-state index is 13.0. The highest BCUT2D eigenvalue weighted by molar-refractivity contribution is 7.93. The Morgan fingerprint density at radius 2 is 1.82 bits per heavy atom. The first-order valence-corrected chi connectivity index (χ1v) is 12.3. The molecule has 2 aromatic heterocycles. The molecule has 0 aliphatic heterocycles. The van der Waals surface area contributed by atoms with Crippen molar-refractivity contribution in [2.45, 2.75) is 29.0 Å². The third kappa shape index (κ3) is 4.30. The number of non-ortho nitro benzene ring substituents is 1. The molecule has 0 atom stereocenters. The number of carbonyl (C=O) groups is 1. The number of sulfone groups is 1. The van der Waals surface area contributed by atoms with Crippen LogP contribution in [0.3, 0.4) is 0 Å². The summed E-state index contributed by atoms with van der Waals surface area (Å²) in [6.07, 6.45) is 1.74. The normalized spacial score (nSPS) is 11.4. The van der Waals surface area contributed by atoms with Crippen LogP contribution in [-0.4, -0.2) is 34.0 Å². The minimum Gasteiger partial charge on any atom is -0.296 e. The topological polar surface area (TPSA) is 154 Å². The molecule has 0 unspecified atom stereocenters. The second kappa shape index (κ2) is 9.11. The van der Waals surface area contributed by atoms with Crippen LogP contribution < -0.4 is 10.9 Å². The molecule has 174 valence electrons. The van der Waals surface area contributed by atoms with E-state index in [2.05, 4.69) is 15.4 Å². The highest BCUT2D eigenvalue weighted by atomic mass is 32.2. The molecule has 1 amide bonds. The van der Waals surface area contributed by atoms with Crippen molar-refractivity contribution >= 4 is 48.7 Å². The standard InChI is InChI=1S/C21H17N5O6S2/c1-2-11-25-20(28)16-6-4-3-5-15(16)18(24-25)19(27)23-21-22-12-17(33-21)34(31,32)14-9-7-13(8-10-14)26(29)30/h3-10,12H,2,11H2,1H3,(H,22,23,27). The fraction of sp³-hybridized carbons (Fsp3) is 0.143. The maximum Gasteiger partial charge on any atom is 0.278 e. The molecule has 13 heteroatoms. The van der Waals surface area contributed by atoms with Crippen molar-refractivity contribution in [2.24, 2.45) is 0 Å². The van der Waals surface area contributed by atoms with Crippen molar-refractivity contribution in [3.8, 4) is 0 Å². The van der Waals surface area contributed by atoms with E-state index in [1.807, 2.05) is 6.92 Å². The number of aryl methyl sites for hydroxylation is 1. The summed E-state index contributed by atoms with van der Waals surface area (Å²) in [5.41, 5.74) is -0.529. The second-order valence-electron chi connectivity index (χ2n) is 7.12. The maximum atomic E-state index is 13.0. The van der Waals surface area contributed by atoms with Crippen LogP contribution >= 0.6 is 11.3 Å². The Morgan fingerprint density at radius 1 is 1.15 bits per heavy atom. The van der Waals surface area contributed by atoms with Crippen molar-refractivity contribution in [1.82, 2.24) is 14.8 Å². The van der Waals surface area contributed by atoms with Crippen molar-refractivity contribution in [2.75, 3.05) is 5.32 Å². The summed E-state index contributed by atoms with van der Waals surface area (Å²) in [5.74, 6) is -0.644. The van der Waals surface area contributed by atoms with Crippen molar-refractivity contribution in [1.29, 1.82) is 0 Å². The number of nitrogens with one attached hydrogen (secondary N) is 1. The minimum atomic E-state index is -3.99. The third-order valence-electron chi connectivity index (χ3n) is 4.85. The van der Waals surface area contributed by atoms with E-state index in [1.165, 1.54) is 4.68 Å². The van der Waals surface area contributed by atoms with Gasteiger partial charge in [-0.3, -0.25) is 25.0 Å². The van der Waals surface area contributed by atoms with E-state index < -0.39 is 20.7 Å². The second-order valence-corrected chi connectivity index (χ2v) is 10.3. The van der Waals surface area contributed by atoms with Crippen LogP contribution in [0.2, 0.25) is 0 Å². The van der Waals surface area contributed by atoms with Gasteiger partial charge in [-0.2, -0.15) is 5.10 Å². The number of benzene rings is 2. The van der Waals surface area contributed by atoms with E-state index in [0.717, 1.165) is 41.8 Å². The monoisotopic (exact) mass is 499 g/mol. The number of aromatic nitrogens is 3. The van der Waals surface area contributed by atoms with Gasteiger partial charge in [0.1, 0.15) is 4.21 Å². The quantitative estimate of drug-likeness (QED) is 0.300. The number of nitrogens with zero attached hydrogens (tertiary/aromatic N) is 4. The van der Waals surface area contributed by atoms with Gasteiger partial charge in [0, 0.05) is 24.1 Å². The first-order valence-electron chi connectivity index (χ1n) is 9.99. The van der Waals surface area contributed by atoms with Gasteiger partial charge in [-0.15, -0.1) is 0 Å². The molecule has 34 heavy (non-hydrogen) atoms. The summed E-state index contributed by atoms with van der Waals surface area (Å²) in [7, 11) is -3.99. The van der Waals surface area contributed by atoms with Gasteiger partial charge in [0.25, 0.3) is 17.2 Å². The Balaban J connectivity index is 1.64. The van der Waals surface area contributed by atoms with Crippen molar-refractivity contribution < 1.29 is 18.1 Å². The van der Waals surface area contributed by atoms with Crippen LogP contribution in [0, 0.1) is 10.1 Å². The largest absolute Gasteiger partial charge is 0.296 e. The van der Waals surface area contributed by atoms with E-state index in [9.17, 15) is 28.1 Å². The number of anilines is 1. The molecule has 0 radical (unpaired) electrons. The molecular weight excluding hydrogens is 482 g/mol. The molecule has 0 bridgehead atoms. The number of carbonyl (C=O) groups excluding carboxylic acids is 1. The Kier molecular flexibility index (Phi) is 6.22. The van der Waals surface area contributed by atoms with Crippen molar-refractivity contribution in [3.05, 3.63) is 80.9 Å². The molecule has 0 aliphatic carbocycles. The molecule has 0 saturated heterocycles. The van der Waals surface area contributed by atoms with Gasteiger partial charge in [0.2, 0.25) is 9.84 Å². The Labute approximate surface area is 196 Å². The van der Waals surface area contributed by atoms with E-state index in [0.29, 0.717) is 23.7 Å². The summed E-state index contributed by atoms with van der Waals surface area (Å²) < 4.78 is 26.8. The fourth-order valence-corrected chi connectivity index (χ4v) is 5.65. The van der Waals surface area contributed by atoms with Gasteiger partial charge in [-0.25, -0.2) is 18.1 Å². The average molecular weight is 500 g/mol. The van der Waals surface area contributed by atoms with Crippen LogP contribution in [0.1, 0.15) is 23.8 Å². The van der Waals surface area contributed by atoms with Gasteiger partial charge in [0.15, 0.2) is 10.8 Å². The molecule has 2 aromatic carbocycles. The summed E-state index contributed by atoms with van der Waals surface area (Å²) in [4.78, 5) is 39.6. The lowest BCUT2D eigenvalue weighted by Gasteiger charge is -2.09. The molecule has 4 rings (SSSR count). The summed E-state index contributed by atoms with van der Waals surface area (Å²) >= 11 is 0.730. The van der Waals surface area contributed by atoms with Crippen LogP contribution in [-0.2, 0) is 16.4 Å². The predicted molar refractivity (Wildman–Crippen MR) is 125 cm³/mol. The number of rotatable bonds is 7. The molecular formula is C21H17N5O6S2. The lowest BCUT2D eigenvalue weighted by molar-refractivity contribution is -0.384. The summed E-state index contributed by atoms with van der Waals surface area (Å²) in [6, 6.07) is 11.1. The average Bonchev–Trinajstić information content (AvgIpc) is 3.30. The number of amides is 1. The first kappa shape index (κ1) is 23.2. The molecule has 0 fully saturated rings. The first-order chi connectivity index (χ1) is 16.2. The van der Waals surface area contributed by atoms with Crippen LogP contribution in [0.4, 0.5) is 10.8 Å². The van der Waals surface area contributed by atoms with E-state index in [-0.39, 0.29) is 31.2 Å². The number of nitro groups is 1. The van der Waals surface area contributed by atoms with Gasteiger partial charge < -0.3 is 0 Å². The van der Waals surface area contributed by atoms with Gasteiger partial charge >= 0.3 is 0 Å². The van der Waals surface area contributed by atoms with Crippen LogP contribution in [0.15, 0.2) is 68.6 Å². The van der Waals surface area contributed by atoms with E-state index in [4.69, 9.17) is 0 Å². The minimum absolute atomic E-state index is 0.0126. The molecule has 0 spiro atoms. The zero-order valence-corrected chi connectivity index (χ0v) is 19.3. The van der Waals surface area contributed by atoms with E-state index in [1.54, 1.807) is 24.3 Å². The Hall–Kier alpha value is -3.97. The number of nitro benzene ring substituents is 1. The summed E-state index contributed by atoms with van der Waals surface area (Å²) in [5, 5.41) is 18.3. The Morgan fingerprint density at radius 3 is 2.47 bits per heavy atom. The number of hydrogen-bond acceptors (Lipinski definition) is 9. The zero-order valence-electron chi connectivity index (χ0n) is 17.7. The van der Waals surface area contributed by atoms with Crippen LogP contribution in [0.5, 0.6) is 0 Å². The van der Waals surface area contributed by atoms with Crippen LogP contribution in [0.25, 0.3) is 10.8 Å². The van der Waals surface area contributed by atoms with Gasteiger partial charge in [0.05, 0.1) is 21.4 Å². The zero-order chi connectivity index (χ0) is 24.5. The fourth-order valence-electron chi connectivity index (χ4n) is 3.23. The highest BCUT2D eigenvalue weighted by Gasteiger charge is 2.23. The van der Waals surface area contributed by atoms with E-state index >= 15 is 0 Å². The lowest BCUT2D eigenvalue weighted by Crippen LogP contribution is -2.27. The van der Waals surface area contributed by atoms with Gasteiger partial charge in [-0.05, 0) is 24.6 Å². The molecule has 0 saturated carbocycles. The summed E-state index contributed by atoms with van der Waals surface area (Å²) in [6.45, 7) is 2.21. The third-order valence-corrected chi connectivity index (χ3v) is 7.99. The number of hydrogen-bond donors (Lipinski definition) is 1. The number of thiazole rings is 1. The molecule has 4 aromatic rings. The molecule has 1 N–H and O–H groups in total. The number of fused-ring (bicyclic) bond motifs is 1. The van der Waals surface area contributed by atoms with Gasteiger partial charge in [-0.1, -0.05) is 36.5 Å². The highest BCUT2D eigenvalue weighted by Crippen LogP contribution is 2.30. The smallest absolute Gasteiger partial charge is 0.278 e. The molecule has 0 aliphatic rings. The molecule has 2 heterocycles. The van der Waals surface area contributed by atoms with Crippen molar-refractivity contribution in [3.63, 3.8) is 0 Å². The lowest BCUT2D eigenvalue weighted by atomic mass is 10.1. The molecule has 11 nitrogen and oxygen atoms in total. The SMILES string of the molecule is CCCn1nc(C(=O)Nc2ncc(S(=O)(=O)c3ccc([N+](=O)[O-])cc3)s2)c2ccccc2c1=O. The Bertz CT molecular complexity index is 1580. The predicted octanol–water partition coefficient (Wildman–Crippen LogP) is 3.26.